The molecule has 3 atom stereocenters. The normalized spacial score (nSPS) is 25.8. The number of piperazine rings is 1. The summed E-state index contributed by atoms with van der Waals surface area (Å²) >= 11 is 0. The van der Waals surface area contributed by atoms with Crippen molar-refractivity contribution in [3.05, 3.63) is 30.3 Å². The molecule has 1 aromatic rings. The molecule has 0 radical (unpaired) electrons. The van der Waals surface area contributed by atoms with Gasteiger partial charge in [0.25, 0.3) is 0 Å². The molecule has 3 N–H and O–H groups in total. The number of carbonyl (C=O) groups excluding carboxylic acids is 1. The van der Waals surface area contributed by atoms with E-state index in [1.165, 1.54) is 12.1 Å². The maximum absolute atomic E-state index is 12.2. The number of carbonyl (C=O) groups is 1. The molecular formula is C20H32N4O. The summed E-state index contributed by atoms with van der Waals surface area (Å²) < 4.78 is 0. The van der Waals surface area contributed by atoms with Crippen LogP contribution in [0.15, 0.2) is 30.3 Å². The number of nitrogens with zero attached hydrogens (tertiary/aromatic N) is 2. The minimum absolute atomic E-state index is 0.165. The zero-order chi connectivity index (χ0) is 17.6. The van der Waals surface area contributed by atoms with Crippen LogP contribution in [0.1, 0.15) is 32.6 Å². The van der Waals surface area contributed by atoms with Crippen molar-refractivity contribution in [2.45, 2.75) is 44.7 Å². The maximum atomic E-state index is 12.2. The van der Waals surface area contributed by atoms with Gasteiger partial charge >= 0.3 is 0 Å². The van der Waals surface area contributed by atoms with Gasteiger partial charge in [-0.2, -0.15) is 0 Å². The van der Waals surface area contributed by atoms with Gasteiger partial charge in [-0.3, -0.25) is 9.69 Å². The van der Waals surface area contributed by atoms with E-state index in [4.69, 9.17) is 5.73 Å². The van der Waals surface area contributed by atoms with Crippen LogP contribution in [-0.4, -0.2) is 55.6 Å². The van der Waals surface area contributed by atoms with Crippen LogP contribution in [0, 0.1) is 5.92 Å². The lowest BCUT2D eigenvalue weighted by atomic mass is 10.00. The summed E-state index contributed by atoms with van der Waals surface area (Å²) in [5.41, 5.74) is 7.38. The van der Waals surface area contributed by atoms with Gasteiger partial charge in [0.15, 0.2) is 0 Å². The van der Waals surface area contributed by atoms with Gasteiger partial charge in [0, 0.05) is 56.9 Å². The quantitative estimate of drug-likeness (QED) is 0.826. The second kappa shape index (κ2) is 8.68. The molecule has 1 heterocycles. The van der Waals surface area contributed by atoms with Gasteiger partial charge in [-0.1, -0.05) is 24.6 Å². The van der Waals surface area contributed by atoms with Gasteiger partial charge in [0.05, 0.1) is 0 Å². The number of hydrogen-bond donors (Lipinski definition) is 2. The first kappa shape index (κ1) is 18.2. The van der Waals surface area contributed by atoms with Crippen LogP contribution in [0.25, 0.3) is 0 Å². The monoisotopic (exact) mass is 344 g/mol. The minimum atomic E-state index is 0.165. The van der Waals surface area contributed by atoms with Gasteiger partial charge in [-0.05, 0) is 37.8 Å². The average molecular weight is 345 g/mol. The SMILES string of the molecule is CC(CN1CCN(c2ccccc2)CC1)NC(=O)C[C@@H]1CCC[C@H]1N. The second-order valence-electron chi connectivity index (χ2n) is 7.65. The van der Waals surface area contributed by atoms with Crippen LogP contribution in [0.4, 0.5) is 5.69 Å². The Morgan fingerprint density at radius 2 is 1.92 bits per heavy atom. The number of amides is 1. The molecule has 25 heavy (non-hydrogen) atoms. The molecule has 0 spiro atoms. The molecule has 1 aliphatic carbocycles. The molecule has 0 aromatic heterocycles. The number of nitrogens with two attached hydrogens (primary N) is 1. The van der Waals surface area contributed by atoms with E-state index in [2.05, 4.69) is 52.4 Å². The third-order valence-corrected chi connectivity index (χ3v) is 5.60. The lowest BCUT2D eigenvalue weighted by molar-refractivity contribution is -0.122. The molecule has 2 aliphatic rings. The van der Waals surface area contributed by atoms with Crippen molar-refractivity contribution in [1.82, 2.24) is 10.2 Å². The highest BCUT2D eigenvalue weighted by Gasteiger charge is 2.26. The van der Waals surface area contributed by atoms with Crippen molar-refractivity contribution in [2.75, 3.05) is 37.6 Å². The summed E-state index contributed by atoms with van der Waals surface area (Å²) in [4.78, 5) is 17.1. The van der Waals surface area contributed by atoms with Crippen molar-refractivity contribution in [1.29, 1.82) is 0 Å². The zero-order valence-corrected chi connectivity index (χ0v) is 15.4. The molecule has 1 aliphatic heterocycles. The molecule has 0 bridgehead atoms. The zero-order valence-electron chi connectivity index (χ0n) is 15.4. The minimum Gasteiger partial charge on any atom is -0.369 e. The van der Waals surface area contributed by atoms with Crippen molar-refractivity contribution in [2.24, 2.45) is 11.7 Å². The molecule has 5 nitrogen and oxygen atoms in total. The van der Waals surface area contributed by atoms with Gasteiger partial charge < -0.3 is 16.0 Å². The van der Waals surface area contributed by atoms with E-state index in [1.54, 1.807) is 0 Å². The topological polar surface area (TPSA) is 61.6 Å². The van der Waals surface area contributed by atoms with Crippen LogP contribution < -0.4 is 16.0 Å². The Kier molecular flexibility index (Phi) is 6.32. The molecule has 138 valence electrons. The molecule has 1 amide bonds. The van der Waals surface area contributed by atoms with Crippen LogP contribution in [0.2, 0.25) is 0 Å². The summed E-state index contributed by atoms with van der Waals surface area (Å²) in [6.45, 7) is 7.20. The Labute approximate surface area is 151 Å². The van der Waals surface area contributed by atoms with Crippen molar-refractivity contribution in [3.63, 3.8) is 0 Å². The summed E-state index contributed by atoms with van der Waals surface area (Å²) in [5.74, 6) is 0.541. The van der Waals surface area contributed by atoms with E-state index in [9.17, 15) is 4.79 Å². The number of hydrogen-bond acceptors (Lipinski definition) is 4. The Morgan fingerprint density at radius 3 is 2.56 bits per heavy atom. The first-order chi connectivity index (χ1) is 12.1. The summed E-state index contributed by atoms with van der Waals surface area (Å²) in [7, 11) is 0. The summed E-state index contributed by atoms with van der Waals surface area (Å²) in [5, 5.41) is 3.17. The van der Waals surface area contributed by atoms with Crippen LogP contribution in [0.5, 0.6) is 0 Å². The fraction of sp³-hybridized carbons (Fsp3) is 0.650. The van der Waals surface area contributed by atoms with Crippen molar-refractivity contribution in [3.8, 4) is 0 Å². The number of nitrogens with one attached hydrogen (secondary N) is 1. The van der Waals surface area contributed by atoms with Crippen LogP contribution in [0.3, 0.4) is 0 Å². The molecule has 3 rings (SSSR count). The fourth-order valence-electron chi connectivity index (χ4n) is 4.15. The van der Waals surface area contributed by atoms with E-state index < -0.39 is 0 Å². The lowest BCUT2D eigenvalue weighted by Gasteiger charge is -2.37. The molecular weight excluding hydrogens is 312 g/mol. The van der Waals surface area contributed by atoms with E-state index in [1.807, 2.05) is 0 Å². The number of para-hydroxylation sites is 1. The highest BCUT2D eigenvalue weighted by Crippen LogP contribution is 2.26. The third-order valence-electron chi connectivity index (χ3n) is 5.60. The van der Waals surface area contributed by atoms with Crippen molar-refractivity contribution < 1.29 is 4.79 Å². The van der Waals surface area contributed by atoms with Gasteiger partial charge in [-0.15, -0.1) is 0 Å². The van der Waals surface area contributed by atoms with E-state index in [0.717, 1.165) is 45.6 Å². The Bertz CT molecular complexity index is 542. The highest BCUT2D eigenvalue weighted by molar-refractivity contribution is 5.76. The van der Waals surface area contributed by atoms with E-state index >= 15 is 0 Å². The Morgan fingerprint density at radius 1 is 1.20 bits per heavy atom. The number of anilines is 1. The first-order valence-corrected chi connectivity index (χ1v) is 9.69. The molecule has 5 heteroatoms. The molecule has 1 saturated carbocycles. The van der Waals surface area contributed by atoms with Crippen LogP contribution in [-0.2, 0) is 4.79 Å². The molecule has 1 aromatic carbocycles. The molecule has 1 unspecified atom stereocenters. The Balaban J connectivity index is 1.37. The number of rotatable bonds is 6. The summed E-state index contributed by atoms with van der Waals surface area (Å²) in [6.07, 6.45) is 3.93. The van der Waals surface area contributed by atoms with E-state index in [0.29, 0.717) is 12.3 Å². The van der Waals surface area contributed by atoms with E-state index in [-0.39, 0.29) is 18.0 Å². The molecule has 2 fully saturated rings. The summed E-state index contributed by atoms with van der Waals surface area (Å²) in [6, 6.07) is 11.0. The predicted octanol–water partition coefficient (Wildman–Crippen LogP) is 1.83. The smallest absolute Gasteiger partial charge is 0.220 e. The van der Waals surface area contributed by atoms with Crippen LogP contribution >= 0.6 is 0 Å². The third kappa shape index (κ3) is 5.19. The van der Waals surface area contributed by atoms with Crippen molar-refractivity contribution >= 4 is 11.6 Å². The van der Waals surface area contributed by atoms with Gasteiger partial charge in [0.1, 0.15) is 0 Å². The first-order valence-electron chi connectivity index (χ1n) is 9.69. The number of benzene rings is 1. The highest BCUT2D eigenvalue weighted by atomic mass is 16.1. The fourth-order valence-corrected chi connectivity index (χ4v) is 4.15. The standard InChI is InChI=1S/C20H32N4O/c1-16(22-20(25)14-17-6-5-9-19(17)21)15-23-10-12-24(13-11-23)18-7-3-2-4-8-18/h2-4,7-8,16-17,19H,5-6,9-15,21H2,1H3,(H,22,25)/t16?,17-,19+/m0/s1. The lowest BCUT2D eigenvalue weighted by Crippen LogP contribution is -2.51. The largest absolute Gasteiger partial charge is 0.369 e. The average Bonchev–Trinajstić information content (AvgIpc) is 3.01. The maximum Gasteiger partial charge on any atom is 0.220 e. The van der Waals surface area contributed by atoms with Gasteiger partial charge in [0.2, 0.25) is 5.91 Å². The second-order valence-corrected chi connectivity index (χ2v) is 7.65. The predicted molar refractivity (Wildman–Crippen MR) is 103 cm³/mol. The molecule has 1 saturated heterocycles. The Hall–Kier alpha value is -1.59. The van der Waals surface area contributed by atoms with Gasteiger partial charge in [-0.25, -0.2) is 0 Å².